The molecular weight excluding hydrogens is 670 g/mol. The Bertz CT molecular complexity index is 2390. The summed E-state index contributed by atoms with van der Waals surface area (Å²) in [5.41, 5.74) is 7.01. The fourth-order valence-electron chi connectivity index (χ4n) is 5.71. The number of benzene rings is 3. The van der Waals surface area contributed by atoms with E-state index in [1.807, 2.05) is 99.8 Å². The molecule has 0 unspecified atom stereocenters. The maximum atomic E-state index is 13.1. The summed E-state index contributed by atoms with van der Waals surface area (Å²) in [4.78, 5) is 35.0. The molecule has 0 aliphatic carbocycles. The summed E-state index contributed by atoms with van der Waals surface area (Å²) in [5.74, 6) is 1.08. The molecule has 0 bridgehead atoms. The van der Waals surface area contributed by atoms with E-state index in [9.17, 15) is 9.59 Å². The second kappa shape index (κ2) is 15.6. The fraction of sp³-hybridized carbons (Fsp3) is 0.175. The Morgan fingerprint density at radius 3 is 2.47 bits per heavy atom. The van der Waals surface area contributed by atoms with Gasteiger partial charge >= 0.3 is 0 Å². The van der Waals surface area contributed by atoms with Crippen molar-refractivity contribution in [3.05, 3.63) is 143 Å². The van der Waals surface area contributed by atoms with E-state index >= 15 is 0 Å². The molecule has 0 radical (unpaired) electrons. The number of hydrogen-bond donors (Lipinski definition) is 2. The van der Waals surface area contributed by atoms with E-state index < -0.39 is 0 Å². The Balaban J connectivity index is 0.933. The number of nitrogens with one attached hydrogen (secondary N) is 2. The Labute approximate surface area is 305 Å². The third-order valence-corrected chi connectivity index (χ3v) is 8.37. The number of carbonyl (C=O) groups is 2. The van der Waals surface area contributed by atoms with Gasteiger partial charge in [0.1, 0.15) is 11.3 Å². The van der Waals surface area contributed by atoms with Crippen molar-refractivity contribution in [3.8, 4) is 28.6 Å². The molecule has 53 heavy (non-hydrogen) atoms. The molecule has 0 aliphatic heterocycles. The van der Waals surface area contributed by atoms with Gasteiger partial charge < -0.3 is 20.1 Å². The Morgan fingerprint density at radius 2 is 1.68 bits per heavy atom. The summed E-state index contributed by atoms with van der Waals surface area (Å²) in [7, 11) is 0. The van der Waals surface area contributed by atoms with E-state index in [1.54, 1.807) is 33.6 Å². The van der Waals surface area contributed by atoms with Gasteiger partial charge in [-0.15, -0.1) is 5.10 Å². The summed E-state index contributed by atoms with van der Waals surface area (Å²) in [6.07, 6.45) is 5.91. The van der Waals surface area contributed by atoms with E-state index in [0.717, 1.165) is 34.5 Å². The van der Waals surface area contributed by atoms with Gasteiger partial charge in [-0.05, 0) is 74.4 Å². The molecule has 13 heteroatoms. The quantitative estimate of drug-likeness (QED) is 0.132. The highest BCUT2D eigenvalue weighted by atomic mass is 16.5. The zero-order valence-electron chi connectivity index (χ0n) is 29.5. The lowest BCUT2D eigenvalue weighted by atomic mass is 10.1. The molecule has 266 valence electrons. The van der Waals surface area contributed by atoms with E-state index in [0.29, 0.717) is 58.7 Å². The lowest BCUT2D eigenvalue weighted by Crippen LogP contribution is -2.23. The van der Waals surface area contributed by atoms with Gasteiger partial charge in [0, 0.05) is 46.5 Å². The van der Waals surface area contributed by atoms with Gasteiger partial charge in [-0.3, -0.25) is 9.59 Å². The number of aromatic nitrogens is 7. The topological polar surface area (TPSA) is 150 Å². The van der Waals surface area contributed by atoms with Crippen molar-refractivity contribution in [1.29, 1.82) is 0 Å². The van der Waals surface area contributed by atoms with E-state index in [1.165, 1.54) is 6.20 Å². The highest BCUT2D eigenvalue weighted by Gasteiger charge is 2.17. The molecule has 0 spiro atoms. The minimum Gasteiger partial charge on any atom is -0.490 e. The maximum Gasteiger partial charge on any atom is 0.261 e. The third-order valence-electron chi connectivity index (χ3n) is 8.37. The van der Waals surface area contributed by atoms with Crippen molar-refractivity contribution in [1.82, 2.24) is 39.9 Å². The molecule has 0 aliphatic rings. The van der Waals surface area contributed by atoms with Crippen LogP contribution in [0, 0.1) is 13.8 Å². The van der Waals surface area contributed by atoms with Crippen molar-refractivity contribution in [2.24, 2.45) is 0 Å². The first-order valence-corrected chi connectivity index (χ1v) is 17.2. The minimum atomic E-state index is -0.289. The lowest BCUT2D eigenvalue weighted by molar-refractivity contribution is 0.0949. The Kier molecular flexibility index (Phi) is 10.1. The molecule has 2 N–H and O–H groups in total. The number of rotatable bonds is 13. The number of fused-ring (bicyclic) bond motifs is 1. The average Bonchev–Trinajstić information content (AvgIpc) is 3.82. The Morgan fingerprint density at radius 1 is 0.887 bits per heavy atom. The molecule has 7 rings (SSSR count). The number of ether oxygens (including phenoxy) is 2. The van der Waals surface area contributed by atoms with Gasteiger partial charge in [-0.1, -0.05) is 54.6 Å². The molecule has 4 aromatic heterocycles. The molecule has 7 aromatic rings. The van der Waals surface area contributed by atoms with Gasteiger partial charge in [-0.2, -0.15) is 5.10 Å². The predicted molar refractivity (Wildman–Crippen MR) is 199 cm³/mol. The van der Waals surface area contributed by atoms with Crippen LogP contribution in [0.3, 0.4) is 0 Å². The molecule has 13 nitrogen and oxygen atoms in total. The predicted octanol–water partition coefficient (Wildman–Crippen LogP) is 6.81. The minimum absolute atomic E-state index is 0.221. The van der Waals surface area contributed by atoms with Crippen LogP contribution >= 0.6 is 0 Å². The highest BCUT2D eigenvalue weighted by Crippen LogP contribution is 2.32. The average molecular weight is 708 g/mol. The lowest BCUT2D eigenvalue weighted by Gasteiger charge is -2.14. The number of nitrogens with zero attached hydrogens (tertiary/aromatic N) is 7. The van der Waals surface area contributed by atoms with Gasteiger partial charge in [0.2, 0.25) is 5.88 Å². The molecule has 0 atom stereocenters. The number of hydrogen-bond acceptors (Lipinski definition) is 9. The van der Waals surface area contributed by atoms with Crippen molar-refractivity contribution >= 4 is 23.1 Å². The van der Waals surface area contributed by atoms with Crippen molar-refractivity contribution in [2.45, 2.75) is 40.3 Å². The SMILES string of the molecule is CCCOc1ccccc1Oc1ncccc1CNC(=O)c1ccc(Cn2cc(-c3ccc(NC(=O)c4cnn5c(C)cc(C)nc45)cc3)nn2)cc1. The van der Waals surface area contributed by atoms with Gasteiger partial charge in [0.25, 0.3) is 11.8 Å². The second-order valence-electron chi connectivity index (χ2n) is 12.4. The zero-order valence-corrected chi connectivity index (χ0v) is 29.5. The molecule has 0 saturated heterocycles. The van der Waals surface area contributed by atoms with Crippen LogP contribution in [-0.4, -0.2) is 53.0 Å². The smallest absolute Gasteiger partial charge is 0.261 e. The number of amides is 2. The van der Waals surface area contributed by atoms with Crippen LogP contribution in [-0.2, 0) is 13.1 Å². The van der Waals surface area contributed by atoms with Gasteiger partial charge in [-0.25, -0.2) is 19.2 Å². The van der Waals surface area contributed by atoms with Crippen LogP contribution < -0.4 is 20.1 Å². The number of para-hydroxylation sites is 2. The van der Waals surface area contributed by atoms with Crippen molar-refractivity contribution in [3.63, 3.8) is 0 Å². The largest absolute Gasteiger partial charge is 0.490 e. The van der Waals surface area contributed by atoms with E-state index in [4.69, 9.17) is 9.47 Å². The second-order valence-corrected chi connectivity index (χ2v) is 12.4. The van der Waals surface area contributed by atoms with E-state index in [-0.39, 0.29) is 18.4 Å². The molecular formula is C40H37N9O4. The van der Waals surface area contributed by atoms with Crippen LogP contribution in [0.2, 0.25) is 0 Å². The number of anilines is 1. The van der Waals surface area contributed by atoms with Crippen molar-refractivity contribution < 1.29 is 19.1 Å². The number of pyridine rings is 1. The van der Waals surface area contributed by atoms with Gasteiger partial charge in [0.15, 0.2) is 17.1 Å². The number of carbonyl (C=O) groups excluding carboxylic acids is 2. The molecule has 0 saturated carbocycles. The summed E-state index contributed by atoms with van der Waals surface area (Å²) in [6.45, 7) is 7.13. The summed E-state index contributed by atoms with van der Waals surface area (Å²) < 4.78 is 15.3. The van der Waals surface area contributed by atoms with Crippen LogP contribution in [0.25, 0.3) is 16.9 Å². The molecule has 4 heterocycles. The first-order valence-electron chi connectivity index (χ1n) is 17.2. The Hall–Kier alpha value is -6.89. The van der Waals surface area contributed by atoms with E-state index in [2.05, 4.69) is 36.0 Å². The first-order chi connectivity index (χ1) is 25.8. The summed E-state index contributed by atoms with van der Waals surface area (Å²) in [5, 5.41) is 18.8. The van der Waals surface area contributed by atoms with Crippen LogP contribution in [0.5, 0.6) is 17.4 Å². The first kappa shape index (κ1) is 34.6. The van der Waals surface area contributed by atoms with Gasteiger partial charge in [0.05, 0.1) is 25.5 Å². The number of aryl methyl sites for hydroxylation is 2. The monoisotopic (exact) mass is 707 g/mol. The maximum absolute atomic E-state index is 13.1. The molecule has 2 amide bonds. The fourth-order valence-corrected chi connectivity index (χ4v) is 5.71. The highest BCUT2D eigenvalue weighted by molar-refractivity contribution is 6.08. The summed E-state index contributed by atoms with van der Waals surface area (Å²) >= 11 is 0. The normalized spacial score (nSPS) is 11.0. The standard InChI is InChI=1S/C40H37N9O4/c1-4-20-52-35-9-5-6-10-36(35)53-40-31(8-7-19-41-40)22-42-38(50)30-13-11-28(12-14-30)24-48-25-34(46-47-48)29-15-17-32(18-16-29)45-39(51)33-23-43-49-27(3)21-26(2)44-37(33)49/h5-19,21,23,25H,4,20,22,24H2,1-3H3,(H,42,50)(H,45,51). The van der Waals surface area contributed by atoms with Crippen LogP contribution in [0.1, 0.15) is 56.6 Å². The molecule has 3 aromatic carbocycles. The summed E-state index contributed by atoms with van der Waals surface area (Å²) in [6, 6.07) is 27.8. The van der Waals surface area contributed by atoms with Crippen molar-refractivity contribution in [2.75, 3.05) is 11.9 Å². The van der Waals surface area contributed by atoms with Crippen LogP contribution in [0.4, 0.5) is 5.69 Å². The molecule has 0 fully saturated rings. The zero-order chi connectivity index (χ0) is 36.7. The third kappa shape index (κ3) is 8.04. The van der Waals surface area contributed by atoms with Crippen LogP contribution in [0.15, 0.2) is 110 Å².